The monoisotopic (exact) mass is 238 g/mol. The van der Waals surface area contributed by atoms with Gasteiger partial charge in [-0.15, -0.1) is 0 Å². The molecule has 0 saturated heterocycles. The lowest BCUT2D eigenvalue weighted by molar-refractivity contribution is -0.131. The minimum Gasteiger partial charge on any atom is -0.475 e. The first-order valence-corrected chi connectivity index (χ1v) is 5.81. The standard InChI is InChI=1S/C10H6O5S/c11-9(10(12)13)7-1-2-8-6(5-7)3-4-16(8,14)15/h1-5H,(H,12,13). The Morgan fingerprint density at radius 2 is 1.88 bits per heavy atom. The van der Waals surface area contributed by atoms with E-state index >= 15 is 0 Å². The number of sulfone groups is 1. The van der Waals surface area contributed by atoms with E-state index in [9.17, 15) is 18.0 Å². The molecular formula is C10H6O5S. The van der Waals surface area contributed by atoms with Crippen LogP contribution in [0.2, 0.25) is 0 Å². The van der Waals surface area contributed by atoms with Crippen LogP contribution >= 0.6 is 0 Å². The number of hydrogen-bond acceptors (Lipinski definition) is 4. The Morgan fingerprint density at radius 1 is 1.19 bits per heavy atom. The Morgan fingerprint density at radius 3 is 2.50 bits per heavy atom. The van der Waals surface area contributed by atoms with Crippen molar-refractivity contribution in [3.8, 4) is 0 Å². The van der Waals surface area contributed by atoms with Crippen molar-refractivity contribution in [3.63, 3.8) is 0 Å². The van der Waals surface area contributed by atoms with E-state index in [1.807, 2.05) is 0 Å². The smallest absolute Gasteiger partial charge is 0.377 e. The highest BCUT2D eigenvalue weighted by Gasteiger charge is 2.23. The van der Waals surface area contributed by atoms with Crippen LogP contribution in [0, 0.1) is 0 Å². The zero-order chi connectivity index (χ0) is 11.9. The van der Waals surface area contributed by atoms with E-state index in [4.69, 9.17) is 5.11 Å². The highest BCUT2D eigenvalue weighted by molar-refractivity contribution is 7.94. The van der Waals surface area contributed by atoms with Crippen LogP contribution in [0.5, 0.6) is 0 Å². The second-order valence-electron chi connectivity index (χ2n) is 3.23. The quantitative estimate of drug-likeness (QED) is 0.605. The maximum Gasteiger partial charge on any atom is 0.377 e. The average Bonchev–Trinajstić information content (AvgIpc) is 2.53. The number of carbonyl (C=O) groups is 2. The molecule has 82 valence electrons. The molecule has 1 heterocycles. The third kappa shape index (κ3) is 1.53. The normalized spacial score (nSPS) is 15.8. The minimum absolute atomic E-state index is 0.0343. The number of rotatable bonds is 2. The van der Waals surface area contributed by atoms with E-state index in [2.05, 4.69) is 0 Å². The van der Waals surface area contributed by atoms with Crippen LogP contribution in [0.1, 0.15) is 15.9 Å². The highest BCUT2D eigenvalue weighted by atomic mass is 32.2. The van der Waals surface area contributed by atoms with Crippen molar-refractivity contribution in [3.05, 3.63) is 34.7 Å². The molecule has 1 aliphatic rings. The number of Topliss-reactive ketones (excluding diaryl/α,β-unsaturated/α-hetero) is 1. The van der Waals surface area contributed by atoms with Gasteiger partial charge in [0.25, 0.3) is 5.78 Å². The van der Waals surface area contributed by atoms with Gasteiger partial charge in [0, 0.05) is 11.0 Å². The predicted octanol–water partition coefficient (Wildman–Crippen LogP) is 0.712. The van der Waals surface area contributed by atoms with Gasteiger partial charge in [0.15, 0.2) is 9.84 Å². The van der Waals surface area contributed by atoms with Crippen LogP contribution in [0.15, 0.2) is 28.5 Å². The fourth-order valence-corrected chi connectivity index (χ4v) is 2.62. The number of hydrogen-bond donors (Lipinski definition) is 1. The van der Waals surface area contributed by atoms with E-state index in [-0.39, 0.29) is 10.5 Å². The van der Waals surface area contributed by atoms with Gasteiger partial charge in [0.1, 0.15) is 0 Å². The fourth-order valence-electron chi connectivity index (χ4n) is 1.44. The van der Waals surface area contributed by atoms with Crippen molar-refractivity contribution in [1.29, 1.82) is 0 Å². The van der Waals surface area contributed by atoms with Crippen molar-refractivity contribution in [2.24, 2.45) is 0 Å². The first kappa shape index (κ1) is 10.6. The lowest BCUT2D eigenvalue weighted by Crippen LogP contribution is -2.12. The SMILES string of the molecule is O=C(O)C(=O)c1ccc2c(c1)C=CS2(=O)=O. The van der Waals surface area contributed by atoms with Crippen molar-refractivity contribution >= 4 is 27.7 Å². The summed E-state index contributed by atoms with van der Waals surface area (Å²) in [6.45, 7) is 0. The van der Waals surface area contributed by atoms with E-state index < -0.39 is 21.6 Å². The third-order valence-corrected chi connectivity index (χ3v) is 3.68. The number of carboxylic acid groups (broad SMARTS) is 1. The molecular weight excluding hydrogens is 232 g/mol. The first-order valence-electron chi connectivity index (χ1n) is 4.27. The molecule has 0 fully saturated rings. The van der Waals surface area contributed by atoms with Gasteiger partial charge >= 0.3 is 5.97 Å². The van der Waals surface area contributed by atoms with Crippen LogP contribution in [-0.2, 0) is 14.6 Å². The van der Waals surface area contributed by atoms with Gasteiger partial charge < -0.3 is 5.11 Å². The molecule has 0 bridgehead atoms. The molecule has 1 aromatic rings. The Hall–Kier alpha value is -1.95. The fraction of sp³-hybridized carbons (Fsp3) is 0. The summed E-state index contributed by atoms with van der Waals surface area (Å²) < 4.78 is 22.8. The summed E-state index contributed by atoms with van der Waals surface area (Å²) in [5, 5.41) is 9.52. The summed E-state index contributed by atoms with van der Waals surface area (Å²) in [7, 11) is -3.41. The first-order chi connectivity index (χ1) is 7.42. The van der Waals surface area contributed by atoms with E-state index in [0.29, 0.717) is 5.56 Å². The van der Waals surface area contributed by atoms with Crippen LogP contribution in [0.4, 0.5) is 0 Å². The van der Waals surface area contributed by atoms with E-state index in [1.54, 1.807) is 0 Å². The van der Waals surface area contributed by atoms with Gasteiger partial charge in [-0.2, -0.15) is 0 Å². The topological polar surface area (TPSA) is 88.5 Å². The zero-order valence-electron chi connectivity index (χ0n) is 7.88. The Labute approximate surface area is 90.9 Å². The number of fused-ring (bicyclic) bond motifs is 1. The maximum atomic E-state index is 11.4. The number of ketones is 1. The van der Waals surface area contributed by atoms with Crippen molar-refractivity contribution < 1.29 is 23.1 Å². The number of benzene rings is 1. The molecule has 1 N–H and O–H groups in total. The lowest BCUT2D eigenvalue weighted by Gasteiger charge is -2.00. The maximum absolute atomic E-state index is 11.4. The number of carboxylic acids is 1. The summed E-state index contributed by atoms with van der Waals surface area (Å²) in [5.74, 6) is -2.62. The summed E-state index contributed by atoms with van der Waals surface area (Å²) in [6, 6.07) is 3.69. The number of aliphatic carboxylic acids is 1. The molecule has 16 heavy (non-hydrogen) atoms. The second kappa shape index (κ2) is 3.28. The summed E-state index contributed by atoms with van der Waals surface area (Å²) in [5.41, 5.74) is 0.306. The minimum atomic E-state index is -3.41. The molecule has 6 heteroatoms. The molecule has 0 spiro atoms. The summed E-state index contributed by atoms with van der Waals surface area (Å²) in [6.07, 6.45) is 1.34. The Kier molecular flexibility index (Phi) is 2.16. The molecule has 0 aromatic heterocycles. The van der Waals surface area contributed by atoms with Crippen LogP contribution in [0.3, 0.4) is 0 Å². The van der Waals surface area contributed by atoms with Gasteiger partial charge in [0.05, 0.1) is 4.90 Å². The predicted molar refractivity (Wildman–Crippen MR) is 54.6 cm³/mol. The molecule has 5 nitrogen and oxygen atoms in total. The Balaban J connectivity index is 2.55. The second-order valence-corrected chi connectivity index (χ2v) is 5.04. The van der Waals surface area contributed by atoms with Gasteiger partial charge in [-0.25, -0.2) is 13.2 Å². The molecule has 2 rings (SSSR count). The molecule has 0 atom stereocenters. The number of carbonyl (C=O) groups excluding carboxylic acids is 1. The lowest BCUT2D eigenvalue weighted by atomic mass is 10.1. The average molecular weight is 238 g/mol. The van der Waals surface area contributed by atoms with E-state index in [0.717, 1.165) is 5.41 Å². The van der Waals surface area contributed by atoms with Crippen LogP contribution in [-0.4, -0.2) is 25.3 Å². The van der Waals surface area contributed by atoms with Gasteiger partial charge in [-0.3, -0.25) is 4.79 Å². The largest absolute Gasteiger partial charge is 0.475 e. The van der Waals surface area contributed by atoms with Crippen LogP contribution < -0.4 is 0 Å². The van der Waals surface area contributed by atoms with Crippen molar-refractivity contribution in [2.75, 3.05) is 0 Å². The zero-order valence-corrected chi connectivity index (χ0v) is 8.69. The molecule has 0 unspecified atom stereocenters. The third-order valence-electron chi connectivity index (χ3n) is 2.20. The van der Waals surface area contributed by atoms with Gasteiger partial charge in [0.2, 0.25) is 0 Å². The van der Waals surface area contributed by atoms with Crippen molar-refractivity contribution in [2.45, 2.75) is 4.90 Å². The van der Waals surface area contributed by atoms with Gasteiger partial charge in [-0.1, -0.05) is 0 Å². The molecule has 0 aliphatic carbocycles. The van der Waals surface area contributed by atoms with Gasteiger partial charge in [-0.05, 0) is 29.8 Å². The highest BCUT2D eigenvalue weighted by Crippen LogP contribution is 2.27. The molecule has 0 amide bonds. The molecule has 1 aromatic carbocycles. The molecule has 0 radical (unpaired) electrons. The van der Waals surface area contributed by atoms with Crippen molar-refractivity contribution in [1.82, 2.24) is 0 Å². The summed E-state index contributed by atoms with van der Waals surface area (Å²) >= 11 is 0. The molecule has 1 aliphatic heterocycles. The Bertz CT molecular complexity index is 625. The van der Waals surface area contributed by atoms with E-state index in [1.165, 1.54) is 24.3 Å². The molecule has 0 saturated carbocycles. The van der Waals surface area contributed by atoms with Crippen LogP contribution in [0.25, 0.3) is 6.08 Å². The summed E-state index contributed by atoms with van der Waals surface area (Å²) in [4.78, 5) is 21.7.